The predicted molar refractivity (Wildman–Crippen MR) is 90.2 cm³/mol. The van der Waals surface area contributed by atoms with Gasteiger partial charge in [0.25, 0.3) is 0 Å². The van der Waals surface area contributed by atoms with Gasteiger partial charge in [-0.05, 0) is 50.2 Å². The summed E-state index contributed by atoms with van der Waals surface area (Å²) in [6.07, 6.45) is 8.21. The van der Waals surface area contributed by atoms with Gasteiger partial charge < -0.3 is 4.74 Å². The minimum absolute atomic E-state index is 0.141. The molecule has 122 valence electrons. The average Bonchev–Trinajstić information content (AvgIpc) is 2.92. The summed E-state index contributed by atoms with van der Waals surface area (Å²) in [5, 5.41) is 9.21. The molecule has 6 rings (SSSR count). The number of ether oxygens (including phenoxy) is 1. The summed E-state index contributed by atoms with van der Waals surface area (Å²) in [5.74, 6) is 2.21. The zero-order chi connectivity index (χ0) is 15.7. The Kier molecular flexibility index (Phi) is 3.03. The lowest BCUT2D eigenvalue weighted by Crippen LogP contribution is -2.73. The van der Waals surface area contributed by atoms with Crippen molar-refractivity contribution in [1.29, 1.82) is 5.26 Å². The fraction of sp³-hybridized carbons (Fsp3) is 0.737. The van der Waals surface area contributed by atoms with E-state index >= 15 is 0 Å². The number of hydrogen-bond acceptors (Lipinski definition) is 4. The molecule has 0 spiro atoms. The van der Waals surface area contributed by atoms with Crippen LogP contribution in [-0.2, 0) is 10.3 Å². The monoisotopic (exact) mass is 328 g/mol. The molecule has 1 aliphatic heterocycles. The Balaban J connectivity index is 1.50. The van der Waals surface area contributed by atoms with Crippen LogP contribution in [0.15, 0.2) is 12.1 Å². The fourth-order valence-electron chi connectivity index (χ4n) is 6.08. The van der Waals surface area contributed by atoms with Gasteiger partial charge in [0.05, 0.1) is 0 Å². The topological polar surface area (TPSA) is 36.3 Å². The highest BCUT2D eigenvalue weighted by atomic mass is 32.1. The van der Waals surface area contributed by atoms with Crippen molar-refractivity contribution in [2.75, 3.05) is 20.2 Å². The zero-order valence-corrected chi connectivity index (χ0v) is 14.6. The Hall–Kier alpha value is -0.890. The molecule has 4 bridgehead atoms. The molecule has 4 heteroatoms. The van der Waals surface area contributed by atoms with Crippen LogP contribution in [0.5, 0.6) is 0 Å². The third-order valence-electron chi connectivity index (χ3n) is 7.32. The number of methoxy groups -OCH3 is 1. The molecule has 2 unspecified atom stereocenters. The number of piperidine rings is 1. The van der Waals surface area contributed by atoms with Crippen molar-refractivity contribution in [3.05, 3.63) is 21.9 Å². The first kappa shape index (κ1) is 14.5. The Bertz CT molecular complexity index is 644. The van der Waals surface area contributed by atoms with E-state index in [1.807, 2.05) is 13.2 Å². The number of hydrogen-bond donors (Lipinski definition) is 0. The smallest absolute Gasteiger partial charge is 0.110 e. The van der Waals surface area contributed by atoms with Crippen molar-refractivity contribution in [3.63, 3.8) is 0 Å². The predicted octanol–water partition coefficient (Wildman–Crippen LogP) is 3.75. The van der Waals surface area contributed by atoms with Crippen LogP contribution in [0.25, 0.3) is 0 Å². The van der Waals surface area contributed by atoms with Gasteiger partial charge >= 0.3 is 0 Å². The van der Waals surface area contributed by atoms with Crippen LogP contribution in [0.1, 0.15) is 48.3 Å². The van der Waals surface area contributed by atoms with Gasteiger partial charge in [0.15, 0.2) is 0 Å². The largest absolute Gasteiger partial charge is 0.372 e. The van der Waals surface area contributed by atoms with Crippen molar-refractivity contribution in [1.82, 2.24) is 4.90 Å². The van der Waals surface area contributed by atoms with Gasteiger partial charge in [-0.15, -0.1) is 11.3 Å². The molecule has 0 radical (unpaired) electrons. The maximum Gasteiger partial charge on any atom is 0.110 e. The lowest BCUT2D eigenvalue weighted by Gasteiger charge is -2.70. The van der Waals surface area contributed by atoms with Gasteiger partial charge in [0, 0.05) is 42.5 Å². The van der Waals surface area contributed by atoms with E-state index in [0.717, 1.165) is 10.8 Å². The van der Waals surface area contributed by atoms with E-state index in [2.05, 4.69) is 17.0 Å². The molecule has 1 aromatic rings. The molecule has 5 aliphatic rings. The van der Waals surface area contributed by atoms with Crippen LogP contribution < -0.4 is 0 Å². The standard InChI is InChI=1S/C19H24N2OS/c1-22-19(17-6-5-16(10-20)23-17)14-3-2-4-15(19)12-21(11-14)18-7-13(8-18)9-18/h5-6,13-15H,2-4,7-9,11-12H2,1H3. The number of rotatable bonds is 3. The van der Waals surface area contributed by atoms with Crippen molar-refractivity contribution >= 4 is 11.3 Å². The molecule has 2 heterocycles. The number of fused-ring (bicyclic) bond motifs is 2. The minimum atomic E-state index is -0.141. The zero-order valence-electron chi connectivity index (χ0n) is 13.8. The summed E-state index contributed by atoms with van der Waals surface area (Å²) >= 11 is 1.65. The Morgan fingerprint density at radius 2 is 1.91 bits per heavy atom. The number of likely N-dealkylation sites (tertiary alicyclic amines) is 1. The summed E-state index contributed by atoms with van der Waals surface area (Å²) in [6.45, 7) is 2.38. The van der Waals surface area contributed by atoms with E-state index in [4.69, 9.17) is 4.74 Å². The molecular formula is C19H24N2OS. The van der Waals surface area contributed by atoms with E-state index in [-0.39, 0.29) is 5.60 Å². The van der Waals surface area contributed by atoms with Gasteiger partial charge in [-0.2, -0.15) is 5.26 Å². The van der Waals surface area contributed by atoms with Crippen molar-refractivity contribution in [2.24, 2.45) is 17.8 Å². The maximum absolute atomic E-state index is 9.21. The van der Waals surface area contributed by atoms with Crippen LogP contribution in [0.2, 0.25) is 0 Å². The fourth-order valence-corrected chi connectivity index (χ4v) is 7.22. The van der Waals surface area contributed by atoms with Gasteiger partial charge in [-0.25, -0.2) is 0 Å². The quantitative estimate of drug-likeness (QED) is 0.848. The SMILES string of the molecule is COC1(c2ccc(C#N)s2)C2CCCC1CN(C13CC(C1)C3)C2. The highest BCUT2D eigenvalue weighted by Crippen LogP contribution is 2.63. The van der Waals surface area contributed by atoms with Gasteiger partial charge in [-0.1, -0.05) is 6.42 Å². The highest BCUT2D eigenvalue weighted by Gasteiger charge is 2.64. The number of thiophene rings is 1. The highest BCUT2D eigenvalue weighted by molar-refractivity contribution is 7.12. The summed E-state index contributed by atoms with van der Waals surface area (Å²) in [4.78, 5) is 4.94. The van der Waals surface area contributed by atoms with E-state index in [0.29, 0.717) is 17.4 Å². The summed E-state index contributed by atoms with van der Waals surface area (Å²) in [5.41, 5.74) is 0.434. The molecule has 0 aromatic carbocycles. The van der Waals surface area contributed by atoms with E-state index in [1.165, 1.54) is 56.5 Å². The molecule has 23 heavy (non-hydrogen) atoms. The molecule has 0 amide bonds. The molecule has 2 atom stereocenters. The molecule has 4 saturated carbocycles. The van der Waals surface area contributed by atoms with Crippen LogP contribution in [0, 0.1) is 29.1 Å². The van der Waals surface area contributed by atoms with Crippen LogP contribution in [0.3, 0.4) is 0 Å². The van der Waals surface area contributed by atoms with Crippen LogP contribution >= 0.6 is 11.3 Å². The Morgan fingerprint density at radius 1 is 1.22 bits per heavy atom. The third-order valence-corrected chi connectivity index (χ3v) is 8.44. The molecule has 1 aromatic heterocycles. The van der Waals surface area contributed by atoms with Crippen molar-refractivity contribution in [3.8, 4) is 6.07 Å². The van der Waals surface area contributed by atoms with Crippen LogP contribution in [-0.4, -0.2) is 30.6 Å². The molecule has 1 saturated heterocycles. The first-order chi connectivity index (χ1) is 11.2. The summed E-state index contributed by atoms with van der Waals surface area (Å²) in [7, 11) is 1.90. The second-order valence-electron chi connectivity index (χ2n) is 8.21. The molecular weight excluding hydrogens is 304 g/mol. The van der Waals surface area contributed by atoms with Gasteiger partial charge in [-0.3, -0.25) is 4.90 Å². The maximum atomic E-state index is 9.21. The van der Waals surface area contributed by atoms with Gasteiger partial charge in [0.2, 0.25) is 0 Å². The van der Waals surface area contributed by atoms with Gasteiger partial charge in [0.1, 0.15) is 16.5 Å². The third kappa shape index (κ3) is 1.76. The molecule has 5 fully saturated rings. The second-order valence-corrected chi connectivity index (χ2v) is 9.29. The Labute approximate surface area is 142 Å². The number of nitriles is 1. The first-order valence-electron chi connectivity index (χ1n) is 9.01. The normalized spacial score (nSPS) is 45.0. The lowest BCUT2D eigenvalue weighted by atomic mass is 9.48. The summed E-state index contributed by atoms with van der Waals surface area (Å²) < 4.78 is 6.29. The molecule has 0 N–H and O–H groups in total. The Morgan fingerprint density at radius 3 is 2.39 bits per heavy atom. The first-order valence-corrected chi connectivity index (χ1v) is 9.82. The minimum Gasteiger partial charge on any atom is -0.372 e. The van der Waals surface area contributed by atoms with Crippen molar-refractivity contribution in [2.45, 2.75) is 49.7 Å². The van der Waals surface area contributed by atoms with E-state index < -0.39 is 0 Å². The molecule has 4 aliphatic carbocycles. The lowest BCUT2D eigenvalue weighted by molar-refractivity contribution is -0.225. The van der Waals surface area contributed by atoms with E-state index in [1.54, 1.807) is 11.3 Å². The second kappa shape index (κ2) is 4.81. The summed E-state index contributed by atoms with van der Waals surface area (Å²) in [6, 6.07) is 6.44. The van der Waals surface area contributed by atoms with Crippen molar-refractivity contribution < 1.29 is 4.74 Å². The number of nitrogens with zero attached hydrogens (tertiary/aromatic N) is 2. The van der Waals surface area contributed by atoms with Crippen LogP contribution in [0.4, 0.5) is 0 Å². The van der Waals surface area contributed by atoms with E-state index in [9.17, 15) is 5.26 Å². The molecule has 3 nitrogen and oxygen atoms in total. The average molecular weight is 328 g/mol.